The van der Waals surface area contributed by atoms with E-state index in [0.29, 0.717) is 45.3 Å². The van der Waals surface area contributed by atoms with Crippen LogP contribution in [0.4, 0.5) is 35.1 Å². The van der Waals surface area contributed by atoms with E-state index in [0.717, 1.165) is 0 Å². The Labute approximate surface area is 153 Å². The second kappa shape index (κ2) is 6.01. The fraction of sp³-hybridized carbons (Fsp3) is 0. The quantitative estimate of drug-likeness (QED) is 0.152. The van der Waals surface area contributed by atoms with E-state index in [9.17, 15) is 35.1 Å². The van der Waals surface area contributed by atoms with Gasteiger partial charge in [0.15, 0.2) is 46.5 Å². The first-order chi connectivity index (χ1) is 12.2. The molecule has 2 aromatic rings. The Kier molecular flexibility index (Phi) is 4.13. The number of rotatable bonds is 0. The normalized spacial score (nSPS) is 11.8. The third-order valence-corrected chi connectivity index (χ3v) is 8.99. The maximum absolute atomic E-state index is 13.9. The van der Waals surface area contributed by atoms with E-state index in [1.807, 2.05) is 0 Å². The molecule has 0 saturated heterocycles. The van der Waals surface area contributed by atoms with E-state index in [-0.39, 0.29) is 7.69 Å². The molecule has 0 unspecified atom stereocenters. The molecule has 0 aromatic heterocycles. The Hall–Kier alpha value is -1.50. The van der Waals surface area contributed by atoms with Crippen molar-refractivity contribution >= 4 is 64.1 Å². The lowest BCUT2D eigenvalue weighted by Gasteiger charge is -2.06. The Morgan fingerprint density at radius 2 is 0.500 bits per heavy atom. The summed E-state index contributed by atoms with van der Waals surface area (Å²) in [7, 11) is 0. The van der Waals surface area contributed by atoms with Crippen LogP contribution >= 0.6 is 45.3 Å². The molecule has 2 aliphatic heterocycles. The zero-order valence-electron chi connectivity index (χ0n) is 11.7. The van der Waals surface area contributed by atoms with Crippen molar-refractivity contribution in [3.63, 3.8) is 0 Å². The predicted octanol–water partition coefficient (Wildman–Crippen LogP) is 7.20. The maximum atomic E-state index is 13.9. The Balaban J connectivity index is 2.27. The number of hydrogen-bond acceptors (Lipinski definition) is 4. The van der Waals surface area contributed by atoms with Crippen LogP contribution in [0.2, 0.25) is 0 Å². The number of benzene rings is 2. The van der Waals surface area contributed by atoms with Gasteiger partial charge in [0.05, 0.1) is 18.8 Å². The molecular weight excluding hydrogens is 448 g/mol. The number of fused-ring (bicyclic) bond motifs is 2. The zero-order chi connectivity index (χ0) is 18.9. The molecule has 2 aliphatic rings. The lowest BCUT2D eigenvalue weighted by Crippen LogP contribution is -1.97. The molecule has 136 valence electrons. The summed E-state index contributed by atoms with van der Waals surface area (Å²) < 4.78 is 107. The van der Waals surface area contributed by atoms with Crippen LogP contribution in [0.15, 0.2) is 0 Å². The molecular formula is C14F8S4. The van der Waals surface area contributed by atoms with Crippen LogP contribution in [-0.2, 0) is 0 Å². The van der Waals surface area contributed by atoms with Crippen LogP contribution in [0, 0.1) is 54.2 Å². The Morgan fingerprint density at radius 1 is 0.308 bits per heavy atom. The highest BCUT2D eigenvalue weighted by Crippen LogP contribution is 2.40. The van der Waals surface area contributed by atoms with E-state index in [1.54, 1.807) is 0 Å². The van der Waals surface area contributed by atoms with E-state index >= 15 is 0 Å². The number of halogens is 8. The molecule has 2 aromatic carbocycles. The molecule has 0 amide bonds. The second-order valence-corrected chi connectivity index (χ2v) is 9.41. The van der Waals surface area contributed by atoms with E-state index in [2.05, 4.69) is 0 Å². The summed E-state index contributed by atoms with van der Waals surface area (Å²) in [5.74, 6) is -14.5. The second-order valence-electron chi connectivity index (χ2n) is 4.81. The largest absolute Gasteiger partial charge is 0.202 e. The van der Waals surface area contributed by atoms with Gasteiger partial charge in [-0.2, -0.15) is 0 Å². The van der Waals surface area contributed by atoms with Crippen molar-refractivity contribution < 1.29 is 35.1 Å². The molecule has 0 atom stereocenters. The minimum atomic E-state index is -2.00. The first-order valence-corrected chi connectivity index (χ1v) is 9.66. The average Bonchev–Trinajstić information content (AvgIpc) is 2.65. The van der Waals surface area contributed by atoms with E-state index < -0.39 is 65.3 Å². The fourth-order valence-corrected chi connectivity index (χ4v) is 7.48. The van der Waals surface area contributed by atoms with Crippen LogP contribution in [-0.4, -0.2) is 0 Å². The first-order valence-electron chi connectivity index (χ1n) is 6.39. The van der Waals surface area contributed by atoms with Gasteiger partial charge >= 0.3 is 0 Å². The van der Waals surface area contributed by atoms with Gasteiger partial charge in [-0.1, -0.05) is 0 Å². The van der Waals surface area contributed by atoms with Crippen LogP contribution in [0.1, 0.15) is 0 Å². The average molecular weight is 448 g/mol. The predicted molar refractivity (Wildman–Crippen MR) is 85.6 cm³/mol. The van der Waals surface area contributed by atoms with Crippen LogP contribution in [0.5, 0.6) is 0 Å². The summed E-state index contributed by atoms with van der Waals surface area (Å²) in [6.45, 7) is 0. The molecule has 0 spiro atoms. The molecule has 4 rings (SSSR count). The molecule has 0 fully saturated rings. The lowest BCUT2D eigenvalue weighted by molar-refractivity contribution is 0.419. The minimum absolute atomic E-state index is 0.0774. The zero-order valence-corrected chi connectivity index (χ0v) is 14.9. The van der Waals surface area contributed by atoms with Gasteiger partial charge in [0.1, 0.15) is 7.69 Å². The molecule has 2 heterocycles. The summed E-state index contributed by atoms with van der Waals surface area (Å²) in [6.07, 6.45) is 0. The minimum Gasteiger partial charge on any atom is -0.202 e. The molecule has 0 nitrogen and oxygen atoms in total. The van der Waals surface area contributed by atoms with Crippen LogP contribution < -0.4 is 0 Å². The van der Waals surface area contributed by atoms with Crippen LogP contribution in [0.25, 0.3) is 18.8 Å². The SMILES string of the molecule is Fc1c(F)c(F)c2sc3sc4c(F)c(F)c(F)c(F)c4sc=3sc2c1F. The summed E-state index contributed by atoms with van der Waals surface area (Å²) in [6, 6.07) is 0. The monoisotopic (exact) mass is 448 g/mol. The molecule has 12 heteroatoms. The summed E-state index contributed by atoms with van der Waals surface area (Å²) >= 11 is 1.87. The van der Waals surface area contributed by atoms with Crippen molar-refractivity contribution in [3.8, 4) is 0 Å². The standard InChI is InChI=1S/C14F8S4/c15-1-2(16)6(20)10-9(5(1)19)23-13-14(24-10)26-12-8(22)4(18)3(17)7(21)11(12)25-13. The van der Waals surface area contributed by atoms with Crippen molar-refractivity contribution in [3.05, 3.63) is 54.2 Å². The van der Waals surface area contributed by atoms with Gasteiger partial charge in [-0.25, -0.2) is 35.1 Å². The highest BCUT2D eigenvalue weighted by Gasteiger charge is 2.24. The summed E-state index contributed by atoms with van der Waals surface area (Å²) in [4.78, 5) is 0. The third-order valence-electron chi connectivity index (χ3n) is 3.31. The van der Waals surface area contributed by atoms with Gasteiger partial charge in [0.25, 0.3) is 0 Å². The van der Waals surface area contributed by atoms with E-state index in [4.69, 9.17) is 0 Å². The topological polar surface area (TPSA) is 0 Å². The highest BCUT2D eigenvalue weighted by molar-refractivity contribution is 7.41. The van der Waals surface area contributed by atoms with Crippen molar-refractivity contribution in [1.29, 1.82) is 0 Å². The third kappa shape index (κ3) is 2.35. The Bertz CT molecular complexity index is 1130. The molecule has 0 saturated carbocycles. The van der Waals surface area contributed by atoms with Gasteiger partial charge < -0.3 is 0 Å². The molecule has 0 bridgehead atoms. The van der Waals surface area contributed by atoms with Crippen molar-refractivity contribution in [2.45, 2.75) is 0 Å². The maximum Gasteiger partial charge on any atom is 0.199 e. The molecule has 0 N–H and O–H groups in total. The fourth-order valence-electron chi connectivity index (χ4n) is 2.13. The summed E-state index contributed by atoms with van der Waals surface area (Å²) in [5.41, 5.74) is 0. The smallest absolute Gasteiger partial charge is 0.199 e. The molecule has 0 aliphatic carbocycles. The van der Waals surface area contributed by atoms with Crippen molar-refractivity contribution in [2.75, 3.05) is 0 Å². The molecule has 26 heavy (non-hydrogen) atoms. The van der Waals surface area contributed by atoms with Gasteiger partial charge in [0.2, 0.25) is 0 Å². The van der Waals surface area contributed by atoms with Crippen molar-refractivity contribution in [2.24, 2.45) is 0 Å². The van der Waals surface area contributed by atoms with Gasteiger partial charge in [-0.05, 0) is 0 Å². The van der Waals surface area contributed by atoms with Gasteiger partial charge in [-0.3, -0.25) is 0 Å². The van der Waals surface area contributed by atoms with Crippen molar-refractivity contribution in [1.82, 2.24) is 0 Å². The van der Waals surface area contributed by atoms with Gasteiger partial charge in [0, 0.05) is 0 Å². The lowest BCUT2D eigenvalue weighted by atomic mass is 10.3. The first kappa shape index (κ1) is 17.9. The van der Waals surface area contributed by atoms with E-state index in [1.165, 1.54) is 0 Å². The van der Waals surface area contributed by atoms with Crippen LogP contribution in [0.3, 0.4) is 0 Å². The summed E-state index contributed by atoms with van der Waals surface area (Å²) in [5, 5.41) is 0. The Morgan fingerprint density at radius 3 is 0.692 bits per heavy atom. The highest BCUT2D eigenvalue weighted by atomic mass is 32.2. The molecule has 0 radical (unpaired) electrons. The number of hydrogen-bond donors (Lipinski definition) is 0. The van der Waals surface area contributed by atoms with Gasteiger partial charge in [-0.15, -0.1) is 45.3 Å².